The van der Waals surface area contributed by atoms with Gasteiger partial charge in [0.25, 0.3) is 5.56 Å². The lowest BCUT2D eigenvalue weighted by Crippen LogP contribution is -2.24. The molecular weight excluding hydrogens is 228 g/mol. The van der Waals surface area contributed by atoms with E-state index in [9.17, 15) is 9.59 Å². The van der Waals surface area contributed by atoms with Gasteiger partial charge in [-0.05, 0) is 31.3 Å². The average Bonchev–Trinajstić information content (AvgIpc) is 2.24. The zero-order chi connectivity index (χ0) is 13.7. The minimum Gasteiger partial charge on any atom is -0.314 e. The van der Waals surface area contributed by atoms with Gasteiger partial charge < -0.3 is 4.98 Å². The van der Waals surface area contributed by atoms with Gasteiger partial charge >= 0.3 is 5.69 Å². The Balaban J connectivity index is 3.14. The highest BCUT2D eigenvalue weighted by molar-refractivity contribution is 5.66. The first-order valence-corrected chi connectivity index (χ1v) is 6.08. The number of hydrogen-bond acceptors (Lipinski definition) is 2. The standard InChI is InChI=1S/C14H20N2O2/c1-9(2)5-6-11(7-10(3)4)12-8-15-14(18)16-13(12)17/h7-9H,3,5-6H2,1-2,4H3,(H2,15,16,17,18)/b11-7-. The summed E-state index contributed by atoms with van der Waals surface area (Å²) < 4.78 is 0. The van der Waals surface area contributed by atoms with Crippen LogP contribution in [0.4, 0.5) is 0 Å². The van der Waals surface area contributed by atoms with Crippen molar-refractivity contribution in [3.8, 4) is 0 Å². The van der Waals surface area contributed by atoms with Crippen LogP contribution in [0.25, 0.3) is 5.57 Å². The van der Waals surface area contributed by atoms with Crippen molar-refractivity contribution in [2.45, 2.75) is 33.6 Å². The maximum absolute atomic E-state index is 11.8. The molecule has 0 spiro atoms. The van der Waals surface area contributed by atoms with E-state index in [1.807, 2.05) is 13.0 Å². The number of aromatic nitrogens is 2. The third-order valence-electron chi connectivity index (χ3n) is 2.58. The molecule has 0 atom stereocenters. The molecular formula is C14H20N2O2. The normalized spacial score (nSPS) is 11.9. The molecule has 1 rings (SSSR count). The Morgan fingerprint density at radius 2 is 2.11 bits per heavy atom. The van der Waals surface area contributed by atoms with Gasteiger partial charge in [-0.3, -0.25) is 9.78 Å². The van der Waals surface area contributed by atoms with Gasteiger partial charge in [-0.1, -0.05) is 32.1 Å². The van der Waals surface area contributed by atoms with Gasteiger partial charge in [-0.2, -0.15) is 0 Å². The molecule has 0 aromatic carbocycles. The van der Waals surface area contributed by atoms with E-state index in [0.29, 0.717) is 11.5 Å². The van der Waals surface area contributed by atoms with E-state index in [4.69, 9.17) is 0 Å². The molecule has 0 saturated heterocycles. The number of aromatic amines is 2. The van der Waals surface area contributed by atoms with Gasteiger partial charge in [0.1, 0.15) is 0 Å². The zero-order valence-electron chi connectivity index (χ0n) is 11.2. The molecule has 1 aromatic heterocycles. The molecule has 0 bridgehead atoms. The van der Waals surface area contributed by atoms with Crippen molar-refractivity contribution in [3.63, 3.8) is 0 Å². The maximum Gasteiger partial charge on any atom is 0.325 e. The summed E-state index contributed by atoms with van der Waals surface area (Å²) in [6, 6.07) is 0. The Labute approximate surface area is 106 Å². The van der Waals surface area contributed by atoms with Crippen LogP contribution in [0.3, 0.4) is 0 Å². The topological polar surface area (TPSA) is 65.7 Å². The predicted molar refractivity (Wildman–Crippen MR) is 74.5 cm³/mol. The second-order valence-corrected chi connectivity index (χ2v) is 4.93. The van der Waals surface area contributed by atoms with Crippen molar-refractivity contribution in [3.05, 3.63) is 50.8 Å². The smallest absolute Gasteiger partial charge is 0.314 e. The van der Waals surface area contributed by atoms with Gasteiger partial charge in [-0.25, -0.2) is 4.79 Å². The fourth-order valence-electron chi connectivity index (χ4n) is 1.67. The predicted octanol–water partition coefficient (Wildman–Crippen LogP) is 2.46. The van der Waals surface area contributed by atoms with Crippen LogP contribution in [0, 0.1) is 5.92 Å². The highest BCUT2D eigenvalue weighted by atomic mass is 16.2. The lowest BCUT2D eigenvalue weighted by Gasteiger charge is -2.09. The fraction of sp³-hybridized carbons (Fsp3) is 0.429. The van der Waals surface area contributed by atoms with Crippen LogP contribution in [0.15, 0.2) is 34.0 Å². The second kappa shape index (κ2) is 6.19. The molecule has 2 N–H and O–H groups in total. The molecule has 0 fully saturated rings. The quantitative estimate of drug-likeness (QED) is 0.786. The van der Waals surface area contributed by atoms with Gasteiger partial charge in [0.05, 0.1) is 5.56 Å². The van der Waals surface area contributed by atoms with Crippen molar-refractivity contribution < 1.29 is 0 Å². The summed E-state index contributed by atoms with van der Waals surface area (Å²) >= 11 is 0. The molecule has 0 saturated carbocycles. The summed E-state index contributed by atoms with van der Waals surface area (Å²) in [5.41, 5.74) is 1.48. The van der Waals surface area contributed by atoms with E-state index >= 15 is 0 Å². The van der Waals surface area contributed by atoms with Gasteiger partial charge in [0.2, 0.25) is 0 Å². The number of allylic oxidation sites excluding steroid dienone is 3. The highest BCUT2D eigenvalue weighted by Crippen LogP contribution is 2.20. The molecule has 0 aliphatic carbocycles. The summed E-state index contributed by atoms with van der Waals surface area (Å²) in [5, 5.41) is 0. The lowest BCUT2D eigenvalue weighted by atomic mass is 9.97. The Morgan fingerprint density at radius 1 is 1.44 bits per heavy atom. The number of hydrogen-bond donors (Lipinski definition) is 2. The average molecular weight is 248 g/mol. The highest BCUT2D eigenvalue weighted by Gasteiger charge is 2.08. The first-order valence-electron chi connectivity index (χ1n) is 6.08. The first-order chi connectivity index (χ1) is 8.40. The van der Waals surface area contributed by atoms with Gasteiger partial charge in [0, 0.05) is 6.20 Å². The molecule has 0 aliphatic heterocycles. The molecule has 0 amide bonds. The summed E-state index contributed by atoms with van der Waals surface area (Å²) in [6.45, 7) is 9.99. The third-order valence-corrected chi connectivity index (χ3v) is 2.58. The Morgan fingerprint density at radius 3 is 2.61 bits per heavy atom. The number of nitrogens with one attached hydrogen (secondary N) is 2. The molecule has 18 heavy (non-hydrogen) atoms. The minimum absolute atomic E-state index is 0.352. The Kier molecular flexibility index (Phi) is 4.89. The van der Waals surface area contributed by atoms with Crippen LogP contribution in [0.5, 0.6) is 0 Å². The van der Waals surface area contributed by atoms with E-state index in [2.05, 4.69) is 30.4 Å². The van der Waals surface area contributed by atoms with Crippen LogP contribution in [-0.4, -0.2) is 9.97 Å². The zero-order valence-corrected chi connectivity index (χ0v) is 11.2. The van der Waals surface area contributed by atoms with E-state index in [0.717, 1.165) is 24.0 Å². The molecule has 1 heterocycles. The molecule has 98 valence electrons. The summed E-state index contributed by atoms with van der Waals surface area (Å²) in [7, 11) is 0. The monoisotopic (exact) mass is 248 g/mol. The molecule has 0 unspecified atom stereocenters. The summed E-state index contributed by atoms with van der Waals surface area (Å²) in [6.07, 6.45) is 5.14. The van der Waals surface area contributed by atoms with Crippen LogP contribution in [0.2, 0.25) is 0 Å². The molecule has 1 aromatic rings. The first kappa shape index (κ1) is 14.2. The van der Waals surface area contributed by atoms with E-state index in [1.54, 1.807) is 0 Å². The third kappa shape index (κ3) is 4.20. The molecule has 0 aliphatic rings. The lowest BCUT2D eigenvalue weighted by molar-refractivity contribution is 0.598. The van der Waals surface area contributed by atoms with Crippen molar-refractivity contribution in [2.24, 2.45) is 5.92 Å². The van der Waals surface area contributed by atoms with Crippen LogP contribution in [0.1, 0.15) is 39.2 Å². The molecule has 4 heteroatoms. The van der Waals surface area contributed by atoms with E-state index in [-0.39, 0.29) is 5.56 Å². The van der Waals surface area contributed by atoms with E-state index < -0.39 is 5.69 Å². The van der Waals surface area contributed by atoms with E-state index in [1.165, 1.54) is 6.20 Å². The second-order valence-electron chi connectivity index (χ2n) is 4.93. The molecule has 0 radical (unpaired) electrons. The summed E-state index contributed by atoms with van der Waals surface area (Å²) in [5.74, 6) is 0.556. The summed E-state index contributed by atoms with van der Waals surface area (Å²) in [4.78, 5) is 27.5. The SMILES string of the molecule is C=C(C)/C=C(/CCC(C)C)c1c[nH]c(=O)[nH]c1=O. The van der Waals surface area contributed by atoms with Crippen molar-refractivity contribution in [2.75, 3.05) is 0 Å². The van der Waals surface area contributed by atoms with Gasteiger partial charge in [-0.15, -0.1) is 0 Å². The fourth-order valence-corrected chi connectivity index (χ4v) is 1.67. The minimum atomic E-state index is -0.484. The maximum atomic E-state index is 11.8. The Bertz CT molecular complexity index is 562. The molecule has 4 nitrogen and oxygen atoms in total. The number of rotatable bonds is 5. The van der Waals surface area contributed by atoms with Crippen molar-refractivity contribution in [1.82, 2.24) is 9.97 Å². The van der Waals surface area contributed by atoms with Crippen LogP contribution >= 0.6 is 0 Å². The van der Waals surface area contributed by atoms with Crippen LogP contribution in [-0.2, 0) is 0 Å². The van der Waals surface area contributed by atoms with Gasteiger partial charge in [0.15, 0.2) is 0 Å². The number of H-pyrrole nitrogens is 2. The Hall–Kier alpha value is -1.84. The van der Waals surface area contributed by atoms with Crippen molar-refractivity contribution in [1.29, 1.82) is 0 Å². The van der Waals surface area contributed by atoms with Crippen LogP contribution < -0.4 is 11.2 Å². The largest absolute Gasteiger partial charge is 0.325 e. The van der Waals surface area contributed by atoms with Crippen molar-refractivity contribution >= 4 is 5.57 Å².